The number of hydrogen-bond donors (Lipinski definition) is 3. The molecule has 1 aliphatic carbocycles. The zero-order chi connectivity index (χ0) is 13.3. The Bertz CT molecular complexity index is 470. The Balaban J connectivity index is 2.14. The third kappa shape index (κ3) is 2.72. The Morgan fingerprint density at radius 3 is 2.78 bits per heavy atom. The summed E-state index contributed by atoms with van der Waals surface area (Å²) in [5.41, 5.74) is 12.2. The number of nitrogens with zero attached hydrogens (tertiary/aromatic N) is 1. The molecule has 1 unspecified atom stereocenters. The number of amides is 1. The summed E-state index contributed by atoms with van der Waals surface area (Å²) in [5, 5.41) is 3.32. The molecule has 2 rings (SSSR count). The summed E-state index contributed by atoms with van der Waals surface area (Å²) in [7, 11) is 0. The summed E-state index contributed by atoms with van der Waals surface area (Å²) in [4.78, 5) is 15.3. The van der Waals surface area contributed by atoms with E-state index < -0.39 is 5.91 Å². The lowest BCUT2D eigenvalue weighted by molar-refractivity contribution is 0.0995. The molecule has 18 heavy (non-hydrogen) atoms. The zero-order valence-corrected chi connectivity index (χ0v) is 10.9. The van der Waals surface area contributed by atoms with Crippen LogP contribution in [0.5, 0.6) is 0 Å². The van der Waals surface area contributed by atoms with E-state index in [4.69, 9.17) is 11.5 Å². The van der Waals surface area contributed by atoms with Crippen LogP contribution in [-0.2, 0) is 0 Å². The number of hydrogen-bond acceptors (Lipinski definition) is 4. The number of nitrogen functional groups attached to an aromatic ring is 1. The molecule has 0 radical (unpaired) electrons. The Hall–Kier alpha value is -1.78. The highest BCUT2D eigenvalue weighted by Gasteiger charge is 2.31. The number of aromatic nitrogens is 1. The molecule has 1 heterocycles. The maximum absolute atomic E-state index is 11.1. The maximum atomic E-state index is 11.1. The van der Waals surface area contributed by atoms with Crippen molar-refractivity contribution >= 4 is 17.4 Å². The van der Waals surface area contributed by atoms with Crippen LogP contribution in [0.4, 0.5) is 11.5 Å². The van der Waals surface area contributed by atoms with Gasteiger partial charge in [-0.1, -0.05) is 13.8 Å². The molecule has 5 heteroatoms. The first kappa shape index (κ1) is 12.7. The largest absolute Gasteiger partial charge is 0.396 e. The lowest BCUT2D eigenvalue weighted by Crippen LogP contribution is -2.21. The van der Waals surface area contributed by atoms with Gasteiger partial charge < -0.3 is 16.8 Å². The molecule has 0 saturated heterocycles. The van der Waals surface area contributed by atoms with E-state index in [9.17, 15) is 4.79 Å². The van der Waals surface area contributed by atoms with Crippen molar-refractivity contribution in [2.45, 2.75) is 39.2 Å². The van der Waals surface area contributed by atoms with Crippen molar-refractivity contribution < 1.29 is 4.79 Å². The molecule has 5 N–H and O–H groups in total. The predicted molar refractivity (Wildman–Crippen MR) is 72.2 cm³/mol. The van der Waals surface area contributed by atoms with Crippen LogP contribution in [0, 0.1) is 5.41 Å². The number of carbonyl (C=O) groups is 1. The highest BCUT2D eigenvalue weighted by molar-refractivity contribution is 5.91. The van der Waals surface area contributed by atoms with Gasteiger partial charge in [-0.25, -0.2) is 4.98 Å². The van der Waals surface area contributed by atoms with E-state index in [-0.39, 0.29) is 5.69 Å². The summed E-state index contributed by atoms with van der Waals surface area (Å²) >= 11 is 0. The molecule has 1 saturated carbocycles. The average molecular weight is 248 g/mol. The van der Waals surface area contributed by atoms with E-state index in [1.807, 2.05) is 0 Å². The van der Waals surface area contributed by atoms with E-state index in [1.165, 1.54) is 6.42 Å². The standard InChI is InChI=1S/C13H20N4O/c1-13(2)6-5-8(7-13)16-12-9(14)3-4-10(17-12)11(15)18/h3-4,8H,5-7,14H2,1-2H3,(H2,15,18)(H,16,17). The van der Waals surface area contributed by atoms with Crippen LogP contribution >= 0.6 is 0 Å². The molecule has 0 bridgehead atoms. The summed E-state index contributed by atoms with van der Waals surface area (Å²) in [5.74, 6) is 0.0267. The van der Waals surface area contributed by atoms with Crippen molar-refractivity contribution in [3.63, 3.8) is 0 Å². The van der Waals surface area contributed by atoms with Gasteiger partial charge in [0.25, 0.3) is 5.91 Å². The topological polar surface area (TPSA) is 94.0 Å². The summed E-state index contributed by atoms with van der Waals surface area (Å²) in [6, 6.07) is 3.56. The first-order valence-corrected chi connectivity index (χ1v) is 6.20. The highest BCUT2D eigenvalue weighted by atomic mass is 16.1. The van der Waals surface area contributed by atoms with E-state index >= 15 is 0 Å². The van der Waals surface area contributed by atoms with Gasteiger partial charge in [0.1, 0.15) is 11.5 Å². The Labute approximate surface area is 107 Å². The van der Waals surface area contributed by atoms with Gasteiger partial charge in [0, 0.05) is 6.04 Å². The third-order valence-electron chi connectivity index (χ3n) is 3.49. The fourth-order valence-electron chi connectivity index (χ4n) is 2.48. The summed E-state index contributed by atoms with van der Waals surface area (Å²) < 4.78 is 0. The second-order valence-corrected chi connectivity index (χ2v) is 5.75. The van der Waals surface area contributed by atoms with Crippen molar-refractivity contribution in [2.75, 3.05) is 11.1 Å². The quantitative estimate of drug-likeness (QED) is 0.759. The van der Waals surface area contributed by atoms with E-state index in [1.54, 1.807) is 12.1 Å². The van der Waals surface area contributed by atoms with Crippen molar-refractivity contribution in [3.05, 3.63) is 17.8 Å². The SMILES string of the molecule is CC1(C)CCC(Nc2nc(C(N)=O)ccc2N)C1. The van der Waals surface area contributed by atoms with Crippen molar-refractivity contribution in [3.8, 4) is 0 Å². The minimum absolute atomic E-state index is 0.240. The molecule has 0 aromatic carbocycles. The molecule has 5 nitrogen and oxygen atoms in total. The lowest BCUT2D eigenvalue weighted by Gasteiger charge is -2.19. The molecule has 0 spiro atoms. The van der Waals surface area contributed by atoms with Gasteiger partial charge in [0.05, 0.1) is 5.69 Å². The van der Waals surface area contributed by atoms with Gasteiger partial charge in [-0.15, -0.1) is 0 Å². The monoisotopic (exact) mass is 248 g/mol. The van der Waals surface area contributed by atoms with Crippen LogP contribution in [0.2, 0.25) is 0 Å². The van der Waals surface area contributed by atoms with E-state index in [2.05, 4.69) is 24.1 Å². The molecule has 1 aromatic heterocycles. The number of anilines is 2. The molecule has 98 valence electrons. The summed E-state index contributed by atoms with van der Waals surface area (Å²) in [6.07, 6.45) is 3.35. The number of pyridine rings is 1. The van der Waals surface area contributed by atoms with Gasteiger partial charge in [-0.05, 0) is 36.8 Å². The Morgan fingerprint density at radius 2 is 2.22 bits per heavy atom. The third-order valence-corrected chi connectivity index (χ3v) is 3.49. The van der Waals surface area contributed by atoms with E-state index in [0.717, 1.165) is 12.8 Å². The van der Waals surface area contributed by atoms with Crippen molar-refractivity contribution in [1.29, 1.82) is 0 Å². The van der Waals surface area contributed by atoms with Gasteiger partial charge in [0.15, 0.2) is 0 Å². The smallest absolute Gasteiger partial charge is 0.267 e. The second kappa shape index (κ2) is 4.48. The number of primary amides is 1. The van der Waals surface area contributed by atoms with Gasteiger partial charge >= 0.3 is 0 Å². The molecule has 1 aromatic rings. The number of carbonyl (C=O) groups excluding carboxylic acids is 1. The van der Waals surface area contributed by atoms with Crippen LogP contribution in [0.3, 0.4) is 0 Å². The minimum atomic E-state index is -0.537. The Morgan fingerprint density at radius 1 is 1.50 bits per heavy atom. The van der Waals surface area contributed by atoms with E-state index in [0.29, 0.717) is 23.0 Å². The lowest BCUT2D eigenvalue weighted by atomic mass is 9.92. The molecule has 0 aliphatic heterocycles. The van der Waals surface area contributed by atoms with Gasteiger partial charge in [-0.2, -0.15) is 0 Å². The fourth-order valence-corrected chi connectivity index (χ4v) is 2.48. The van der Waals surface area contributed by atoms with Crippen molar-refractivity contribution in [1.82, 2.24) is 4.98 Å². The van der Waals surface area contributed by atoms with Crippen LogP contribution in [0.1, 0.15) is 43.6 Å². The van der Waals surface area contributed by atoms with Gasteiger partial charge in [-0.3, -0.25) is 4.79 Å². The van der Waals surface area contributed by atoms with Crippen LogP contribution in [0.15, 0.2) is 12.1 Å². The van der Waals surface area contributed by atoms with Crippen LogP contribution < -0.4 is 16.8 Å². The summed E-state index contributed by atoms with van der Waals surface area (Å²) in [6.45, 7) is 4.51. The number of nitrogens with one attached hydrogen (secondary N) is 1. The maximum Gasteiger partial charge on any atom is 0.267 e. The minimum Gasteiger partial charge on any atom is -0.396 e. The normalized spacial score (nSPS) is 21.8. The van der Waals surface area contributed by atoms with Crippen LogP contribution in [0.25, 0.3) is 0 Å². The molecule has 1 fully saturated rings. The zero-order valence-electron chi connectivity index (χ0n) is 10.9. The average Bonchev–Trinajstić information content (AvgIpc) is 2.61. The number of rotatable bonds is 3. The first-order valence-electron chi connectivity index (χ1n) is 6.20. The molecule has 1 atom stereocenters. The first-order chi connectivity index (χ1) is 8.37. The second-order valence-electron chi connectivity index (χ2n) is 5.75. The molecule has 1 aliphatic rings. The molecular formula is C13H20N4O. The van der Waals surface area contributed by atoms with Crippen LogP contribution in [-0.4, -0.2) is 16.9 Å². The molecule has 1 amide bonds. The number of nitrogens with two attached hydrogens (primary N) is 2. The van der Waals surface area contributed by atoms with Crippen molar-refractivity contribution in [2.24, 2.45) is 11.1 Å². The fraction of sp³-hybridized carbons (Fsp3) is 0.538. The predicted octanol–water partition coefficient (Wildman–Crippen LogP) is 1.75. The molecular weight excluding hydrogens is 228 g/mol. The van der Waals surface area contributed by atoms with Gasteiger partial charge in [0.2, 0.25) is 0 Å². The highest BCUT2D eigenvalue weighted by Crippen LogP contribution is 2.38. The Kier molecular flexibility index (Phi) is 3.15.